The van der Waals surface area contributed by atoms with Crippen molar-refractivity contribution in [3.8, 4) is 0 Å². The second-order valence-electron chi connectivity index (χ2n) is 5.63. The molecule has 2 amide bonds. The van der Waals surface area contributed by atoms with E-state index in [1.165, 1.54) is 5.01 Å². The zero-order valence-corrected chi connectivity index (χ0v) is 13.8. The summed E-state index contributed by atoms with van der Waals surface area (Å²) in [6.45, 7) is 4.11. The van der Waals surface area contributed by atoms with Gasteiger partial charge in [0.2, 0.25) is 5.91 Å². The number of carbonyl (C=O) groups is 2. The Morgan fingerprint density at radius 3 is 2.36 bits per heavy atom. The highest BCUT2D eigenvalue weighted by Gasteiger charge is 2.28. The zero-order chi connectivity index (χ0) is 17.6. The summed E-state index contributed by atoms with van der Waals surface area (Å²) in [6, 6.07) is 18.5. The van der Waals surface area contributed by atoms with Crippen LogP contribution in [-0.4, -0.2) is 24.1 Å². The van der Waals surface area contributed by atoms with Crippen molar-refractivity contribution in [3.05, 3.63) is 73.3 Å². The fraction of sp³-hybridized carbons (Fsp3) is 0.150. The average Bonchev–Trinajstić information content (AvgIpc) is 2.67. The quantitative estimate of drug-likeness (QED) is 0.788. The number of amides is 2. The predicted molar refractivity (Wildman–Crippen MR) is 99.6 cm³/mol. The first-order chi connectivity index (χ1) is 12.2. The van der Waals surface area contributed by atoms with E-state index in [-0.39, 0.29) is 18.2 Å². The first-order valence-electron chi connectivity index (χ1n) is 8.14. The fourth-order valence-corrected chi connectivity index (χ4v) is 2.68. The molecular weight excluding hydrogens is 314 g/mol. The number of hydrogen-bond acceptors (Lipinski definition) is 3. The van der Waals surface area contributed by atoms with E-state index in [2.05, 4.69) is 11.7 Å². The molecule has 5 nitrogen and oxygen atoms in total. The van der Waals surface area contributed by atoms with Crippen LogP contribution < -0.4 is 9.91 Å². The lowest BCUT2D eigenvalue weighted by molar-refractivity contribution is -0.118. The van der Waals surface area contributed by atoms with Crippen LogP contribution in [0.3, 0.4) is 0 Å². The fourth-order valence-electron chi connectivity index (χ4n) is 2.68. The first-order valence-corrected chi connectivity index (χ1v) is 8.14. The molecule has 2 aromatic rings. The van der Waals surface area contributed by atoms with E-state index >= 15 is 0 Å². The largest absolute Gasteiger partial charge is 0.303 e. The van der Waals surface area contributed by atoms with Crippen LogP contribution in [0, 0.1) is 0 Å². The summed E-state index contributed by atoms with van der Waals surface area (Å²) >= 11 is 0. The van der Waals surface area contributed by atoms with Gasteiger partial charge in [0.1, 0.15) is 5.71 Å². The highest BCUT2D eigenvalue weighted by molar-refractivity contribution is 6.44. The highest BCUT2D eigenvalue weighted by atomic mass is 16.2. The molecule has 0 unspecified atom stereocenters. The highest BCUT2D eigenvalue weighted by Crippen LogP contribution is 2.22. The normalized spacial score (nSPS) is 14.0. The molecule has 0 N–H and O–H groups in total. The molecule has 0 aromatic heterocycles. The third-order valence-corrected chi connectivity index (χ3v) is 3.90. The topological polar surface area (TPSA) is 53.0 Å². The van der Waals surface area contributed by atoms with Crippen molar-refractivity contribution in [2.24, 2.45) is 5.10 Å². The lowest BCUT2D eigenvalue weighted by Gasteiger charge is -2.27. The molecule has 0 radical (unpaired) electrons. The van der Waals surface area contributed by atoms with Gasteiger partial charge in [0, 0.05) is 25.1 Å². The Kier molecular flexibility index (Phi) is 5.04. The van der Waals surface area contributed by atoms with Gasteiger partial charge in [0.05, 0.1) is 5.69 Å². The number of benzene rings is 2. The zero-order valence-electron chi connectivity index (χ0n) is 13.8. The van der Waals surface area contributed by atoms with Gasteiger partial charge in [-0.15, -0.1) is 6.58 Å². The van der Waals surface area contributed by atoms with Gasteiger partial charge in [-0.05, 0) is 24.3 Å². The second kappa shape index (κ2) is 7.57. The van der Waals surface area contributed by atoms with Crippen LogP contribution in [0.1, 0.15) is 12.8 Å². The minimum absolute atomic E-state index is 0.113. The van der Waals surface area contributed by atoms with Gasteiger partial charge in [-0.3, -0.25) is 9.59 Å². The monoisotopic (exact) mass is 333 g/mol. The molecule has 3 rings (SSSR count). The molecule has 0 bridgehead atoms. The van der Waals surface area contributed by atoms with Crippen molar-refractivity contribution in [2.75, 3.05) is 16.5 Å². The van der Waals surface area contributed by atoms with Crippen molar-refractivity contribution in [1.29, 1.82) is 0 Å². The van der Waals surface area contributed by atoms with Gasteiger partial charge < -0.3 is 4.90 Å². The molecule has 25 heavy (non-hydrogen) atoms. The van der Waals surface area contributed by atoms with Crippen LogP contribution in [0.4, 0.5) is 11.4 Å². The summed E-state index contributed by atoms with van der Waals surface area (Å²) in [7, 11) is 0. The third-order valence-electron chi connectivity index (χ3n) is 3.90. The number of anilines is 2. The maximum Gasteiger partial charge on any atom is 0.274 e. The summed E-state index contributed by atoms with van der Waals surface area (Å²) < 4.78 is 0. The van der Waals surface area contributed by atoms with Crippen LogP contribution in [0.2, 0.25) is 0 Å². The minimum atomic E-state index is -0.209. The van der Waals surface area contributed by atoms with Crippen LogP contribution >= 0.6 is 0 Å². The minimum Gasteiger partial charge on any atom is -0.303 e. The lowest BCUT2D eigenvalue weighted by Crippen LogP contribution is -2.41. The number of hydrogen-bond donors (Lipinski definition) is 0. The number of para-hydroxylation sites is 2. The van der Waals surface area contributed by atoms with E-state index in [9.17, 15) is 9.59 Å². The van der Waals surface area contributed by atoms with Crippen molar-refractivity contribution in [1.82, 2.24) is 0 Å². The van der Waals surface area contributed by atoms with Gasteiger partial charge in [-0.2, -0.15) is 5.10 Å². The molecule has 0 fully saturated rings. The standard InChI is InChI=1S/C20H19N3O2/c1-2-15-22(16-9-5-3-6-10-16)20(25)18-13-14-19(24)23(21-18)17-11-7-4-8-12-17/h2-12H,1,13-15H2. The van der Waals surface area contributed by atoms with Gasteiger partial charge in [0.15, 0.2) is 0 Å². The molecule has 2 aromatic carbocycles. The second-order valence-corrected chi connectivity index (χ2v) is 5.63. The van der Waals surface area contributed by atoms with Gasteiger partial charge in [-0.25, -0.2) is 5.01 Å². The molecule has 0 saturated heterocycles. The van der Waals surface area contributed by atoms with E-state index in [0.717, 1.165) is 5.69 Å². The maximum absolute atomic E-state index is 13.0. The van der Waals surface area contributed by atoms with Crippen LogP contribution in [0.5, 0.6) is 0 Å². The third kappa shape index (κ3) is 3.66. The van der Waals surface area contributed by atoms with Crippen molar-refractivity contribution in [3.63, 3.8) is 0 Å². The van der Waals surface area contributed by atoms with E-state index in [4.69, 9.17) is 0 Å². The maximum atomic E-state index is 13.0. The molecule has 1 aliphatic rings. The van der Waals surface area contributed by atoms with E-state index < -0.39 is 0 Å². The molecule has 126 valence electrons. The SMILES string of the molecule is C=CCN(C(=O)C1=NN(c2ccccc2)C(=O)CC1)c1ccccc1. The van der Waals surface area contributed by atoms with Crippen LogP contribution in [-0.2, 0) is 9.59 Å². The van der Waals surface area contributed by atoms with E-state index in [1.807, 2.05) is 48.5 Å². The van der Waals surface area contributed by atoms with Crippen LogP contribution in [0.25, 0.3) is 0 Å². The van der Waals surface area contributed by atoms with Gasteiger partial charge in [0.25, 0.3) is 5.91 Å². The summed E-state index contributed by atoms with van der Waals surface area (Å²) in [5.74, 6) is -0.322. The Morgan fingerprint density at radius 1 is 1.08 bits per heavy atom. The first kappa shape index (κ1) is 16.6. The lowest BCUT2D eigenvalue weighted by atomic mass is 10.1. The molecule has 0 aliphatic carbocycles. The van der Waals surface area contributed by atoms with E-state index in [1.54, 1.807) is 23.1 Å². The van der Waals surface area contributed by atoms with Crippen molar-refractivity contribution in [2.45, 2.75) is 12.8 Å². The van der Waals surface area contributed by atoms with Crippen LogP contribution in [0.15, 0.2) is 78.4 Å². The molecule has 0 saturated carbocycles. The predicted octanol–water partition coefficient (Wildman–Crippen LogP) is 3.39. The summed E-state index contributed by atoms with van der Waals surface area (Å²) in [4.78, 5) is 26.8. The number of carbonyl (C=O) groups excluding carboxylic acids is 2. The Labute approximate surface area is 146 Å². The number of hydrazone groups is 1. The number of rotatable bonds is 5. The Hall–Kier alpha value is -3.21. The van der Waals surface area contributed by atoms with Crippen molar-refractivity contribution < 1.29 is 9.59 Å². The van der Waals surface area contributed by atoms with Gasteiger partial charge in [-0.1, -0.05) is 42.5 Å². The number of nitrogens with zero attached hydrogens (tertiary/aromatic N) is 3. The summed E-state index contributed by atoms with van der Waals surface area (Å²) in [6.07, 6.45) is 2.27. The Balaban J connectivity index is 1.92. The molecule has 0 atom stereocenters. The summed E-state index contributed by atoms with van der Waals surface area (Å²) in [5.41, 5.74) is 1.81. The molecule has 5 heteroatoms. The molecular formula is C20H19N3O2. The Morgan fingerprint density at radius 2 is 1.72 bits per heavy atom. The van der Waals surface area contributed by atoms with E-state index in [0.29, 0.717) is 24.4 Å². The average molecular weight is 333 g/mol. The van der Waals surface area contributed by atoms with Crippen molar-refractivity contribution >= 4 is 28.9 Å². The molecule has 1 aliphatic heterocycles. The molecule has 0 spiro atoms. The van der Waals surface area contributed by atoms with Gasteiger partial charge >= 0.3 is 0 Å². The summed E-state index contributed by atoms with van der Waals surface area (Å²) in [5, 5.41) is 5.65. The smallest absolute Gasteiger partial charge is 0.274 e. The Bertz CT molecular complexity index is 800. The molecule has 1 heterocycles.